The summed E-state index contributed by atoms with van der Waals surface area (Å²) in [4.78, 5) is 17.3. The molecule has 0 unspecified atom stereocenters. The fraction of sp³-hybridized carbons (Fsp3) is 0.240. The van der Waals surface area contributed by atoms with Gasteiger partial charge in [-0.2, -0.15) is 0 Å². The third-order valence-corrected chi connectivity index (χ3v) is 5.99. The van der Waals surface area contributed by atoms with E-state index in [0.29, 0.717) is 17.0 Å². The Morgan fingerprint density at radius 3 is 2.67 bits per heavy atom. The highest BCUT2D eigenvalue weighted by molar-refractivity contribution is 5.92. The van der Waals surface area contributed by atoms with Crippen molar-refractivity contribution in [2.24, 2.45) is 0 Å². The van der Waals surface area contributed by atoms with Crippen LogP contribution >= 0.6 is 0 Å². The summed E-state index contributed by atoms with van der Waals surface area (Å²) in [5.74, 6) is 0.214. The van der Waals surface area contributed by atoms with Crippen LogP contribution in [-0.4, -0.2) is 31.5 Å². The molecule has 168 valence electrons. The van der Waals surface area contributed by atoms with Gasteiger partial charge in [0.1, 0.15) is 5.82 Å². The summed E-state index contributed by atoms with van der Waals surface area (Å²) in [5.41, 5.74) is 2.50. The van der Waals surface area contributed by atoms with Gasteiger partial charge in [-0.25, -0.2) is 14.5 Å². The molecule has 0 bridgehead atoms. The Bertz CT molecular complexity index is 1280. The van der Waals surface area contributed by atoms with Crippen LogP contribution in [-0.2, 0) is 10.2 Å². The highest BCUT2D eigenvalue weighted by Gasteiger charge is 2.34. The largest absolute Gasteiger partial charge is 0.326 e. The molecule has 2 heterocycles. The molecule has 8 heteroatoms. The molecule has 0 fully saturated rings. The highest BCUT2D eigenvalue weighted by Crippen LogP contribution is 2.32. The molecule has 4 rings (SSSR count). The van der Waals surface area contributed by atoms with E-state index in [4.69, 9.17) is 0 Å². The van der Waals surface area contributed by atoms with E-state index in [1.807, 2.05) is 62.4 Å². The smallest absolute Gasteiger partial charge is 0.225 e. The molecule has 0 spiro atoms. The second-order valence-electron chi connectivity index (χ2n) is 7.99. The minimum absolute atomic E-state index is 0.102. The number of pyridine rings is 1. The lowest BCUT2D eigenvalue weighted by molar-refractivity contribution is -0.117. The van der Waals surface area contributed by atoms with Crippen LogP contribution in [0.15, 0.2) is 54.6 Å². The Labute approximate surface area is 191 Å². The van der Waals surface area contributed by atoms with Crippen LogP contribution in [0.5, 0.6) is 0 Å². The van der Waals surface area contributed by atoms with E-state index in [1.165, 1.54) is 12.1 Å². The standard InChI is InChI=1S/C25H25FN6O/c1-3-25(4-2,24-29-31-32-30-24)16-23(33)28-21-7-5-6-17(14-21)8-12-20-13-10-18-9-11-19(26)15-22(18)27-20/h5-15H,3-4,16H2,1-2H3,(H,28,33)(H,29,30,31,32). The second kappa shape index (κ2) is 9.68. The number of anilines is 1. The summed E-state index contributed by atoms with van der Waals surface area (Å²) in [5, 5.41) is 18.1. The molecule has 0 aliphatic rings. The highest BCUT2D eigenvalue weighted by atomic mass is 19.1. The Balaban J connectivity index is 1.47. The first-order valence-corrected chi connectivity index (χ1v) is 10.9. The van der Waals surface area contributed by atoms with Gasteiger partial charge in [0.25, 0.3) is 0 Å². The number of aromatic nitrogens is 5. The lowest BCUT2D eigenvalue weighted by Crippen LogP contribution is -2.32. The van der Waals surface area contributed by atoms with Crippen molar-refractivity contribution >= 4 is 34.6 Å². The second-order valence-corrected chi connectivity index (χ2v) is 7.99. The number of hydrogen-bond donors (Lipinski definition) is 2. The van der Waals surface area contributed by atoms with Crippen molar-refractivity contribution in [2.75, 3.05) is 5.32 Å². The van der Waals surface area contributed by atoms with Crippen molar-refractivity contribution in [3.8, 4) is 0 Å². The van der Waals surface area contributed by atoms with E-state index in [2.05, 4.69) is 30.9 Å². The van der Waals surface area contributed by atoms with Crippen LogP contribution < -0.4 is 5.32 Å². The average Bonchev–Trinajstić information content (AvgIpc) is 3.37. The molecule has 1 amide bonds. The lowest BCUT2D eigenvalue weighted by Gasteiger charge is -2.27. The number of tetrazole rings is 1. The van der Waals surface area contributed by atoms with Crippen molar-refractivity contribution in [1.82, 2.24) is 25.6 Å². The first kappa shape index (κ1) is 22.3. The Morgan fingerprint density at radius 1 is 1.09 bits per heavy atom. The number of nitrogens with one attached hydrogen (secondary N) is 2. The average molecular weight is 445 g/mol. The van der Waals surface area contributed by atoms with Crippen molar-refractivity contribution in [1.29, 1.82) is 0 Å². The van der Waals surface area contributed by atoms with Gasteiger partial charge < -0.3 is 5.32 Å². The molecule has 0 saturated carbocycles. The molecule has 2 aromatic heterocycles. The monoisotopic (exact) mass is 444 g/mol. The zero-order valence-electron chi connectivity index (χ0n) is 18.5. The number of H-pyrrole nitrogens is 1. The Kier molecular flexibility index (Phi) is 6.53. The van der Waals surface area contributed by atoms with E-state index in [-0.39, 0.29) is 18.1 Å². The fourth-order valence-electron chi connectivity index (χ4n) is 3.92. The summed E-state index contributed by atoms with van der Waals surface area (Å²) < 4.78 is 13.5. The lowest BCUT2D eigenvalue weighted by atomic mass is 9.78. The number of rotatable bonds is 8. The number of benzene rings is 2. The molecule has 0 saturated heterocycles. The minimum atomic E-state index is -0.438. The number of hydrogen-bond acceptors (Lipinski definition) is 5. The number of fused-ring (bicyclic) bond motifs is 1. The van der Waals surface area contributed by atoms with Gasteiger partial charge in [-0.05, 0) is 65.2 Å². The maximum absolute atomic E-state index is 13.5. The van der Waals surface area contributed by atoms with Crippen LogP contribution in [0.25, 0.3) is 23.1 Å². The van der Waals surface area contributed by atoms with Gasteiger partial charge in [0.2, 0.25) is 5.91 Å². The molecule has 2 N–H and O–H groups in total. The molecule has 2 aromatic carbocycles. The third kappa shape index (κ3) is 5.11. The first-order valence-electron chi connectivity index (χ1n) is 10.9. The zero-order valence-corrected chi connectivity index (χ0v) is 18.5. The van der Waals surface area contributed by atoms with E-state index >= 15 is 0 Å². The molecule has 33 heavy (non-hydrogen) atoms. The molecule has 0 radical (unpaired) electrons. The molecule has 0 aliphatic carbocycles. The van der Waals surface area contributed by atoms with Gasteiger partial charge in [0, 0.05) is 29.0 Å². The summed E-state index contributed by atoms with van der Waals surface area (Å²) in [6, 6.07) is 15.9. The molecule has 7 nitrogen and oxygen atoms in total. The van der Waals surface area contributed by atoms with Crippen LogP contribution in [0.1, 0.15) is 50.2 Å². The maximum Gasteiger partial charge on any atom is 0.225 e. The van der Waals surface area contributed by atoms with E-state index in [0.717, 1.165) is 29.5 Å². The molecular formula is C25H25FN6O. The van der Waals surface area contributed by atoms with Crippen molar-refractivity contribution in [2.45, 2.75) is 38.5 Å². The third-order valence-electron chi connectivity index (χ3n) is 5.99. The summed E-state index contributed by atoms with van der Waals surface area (Å²) in [6.07, 6.45) is 5.51. The predicted molar refractivity (Wildman–Crippen MR) is 127 cm³/mol. The Hall–Kier alpha value is -3.94. The van der Waals surface area contributed by atoms with Gasteiger partial charge in [-0.1, -0.05) is 38.1 Å². The Morgan fingerprint density at radius 2 is 1.91 bits per heavy atom. The van der Waals surface area contributed by atoms with Crippen LogP contribution in [0, 0.1) is 5.82 Å². The summed E-state index contributed by atoms with van der Waals surface area (Å²) in [6.45, 7) is 4.06. The van der Waals surface area contributed by atoms with E-state index in [9.17, 15) is 9.18 Å². The molecule has 0 atom stereocenters. The normalized spacial score (nSPS) is 11.8. The van der Waals surface area contributed by atoms with E-state index < -0.39 is 5.41 Å². The van der Waals surface area contributed by atoms with Gasteiger partial charge in [0.05, 0.1) is 11.2 Å². The number of aromatic amines is 1. The predicted octanol–water partition coefficient (Wildman–Crippen LogP) is 5.14. The van der Waals surface area contributed by atoms with Crippen LogP contribution in [0.3, 0.4) is 0 Å². The van der Waals surface area contributed by atoms with Gasteiger partial charge in [0.15, 0.2) is 5.82 Å². The minimum Gasteiger partial charge on any atom is -0.326 e. The molecule has 0 aliphatic heterocycles. The van der Waals surface area contributed by atoms with Crippen molar-refractivity contribution in [3.05, 3.63) is 77.5 Å². The summed E-state index contributed by atoms with van der Waals surface area (Å²) >= 11 is 0. The van der Waals surface area contributed by atoms with E-state index in [1.54, 1.807) is 6.07 Å². The SMILES string of the molecule is CCC(CC)(CC(=O)Nc1cccc(C=Cc2ccc3ccc(F)cc3n2)c1)c1nnn[nH]1. The number of amides is 1. The topological polar surface area (TPSA) is 96.5 Å². The zero-order chi connectivity index (χ0) is 23.3. The van der Waals surface area contributed by atoms with Gasteiger partial charge >= 0.3 is 0 Å². The van der Waals surface area contributed by atoms with Crippen molar-refractivity contribution < 1.29 is 9.18 Å². The van der Waals surface area contributed by atoms with Gasteiger partial charge in [-0.3, -0.25) is 4.79 Å². The first-order chi connectivity index (χ1) is 16.0. The number of carbonyl (C=O) groups excluding carboxylic acids is 1. The van der Waals surface area contributed by atoms with Crippen molar-refractivity contribution in [3.63, 3.8) is 0 Å². The fourth-order valence-corrected chi connectivity index (χ4v) is 3.92. The number of carbonyl (C=O) groups is 1. The number of halogens is 1. The number of nitrogens with zero attached hydrogens (tertiary/aromatic N) is 4. The van der Waals surface area contributed by atoms with Gasteiger partial charge in [-0.15, -0.1) is 5.10 Å². The quantitative estimate of drug-likeness (QED) is 0.392. The summed E-state index contributed by atoms with van der Waals surface area (Å²) in [7, 11) is 0. The van der Waals surface area contributed by atoms with Crippen LogP contribution in [0.2, 0.25) is 0 Å². The van der Waals surface area contributed by atoms with Crippen LogP contribution in [0.4, 0.5) is 10.1 Å². The molecular weight excluding hydrogens is 419 g/mol. The molecule has 4 aromatic rings. The maximum atomic E-state index is 13.5.